The number of rotatable bonds is 7. The van der Waals surface area contributed by atoms with Crippen molar-refractivity contribution in [3.05, 3.63) is 64.5 Å². The van der Waals surface area contributed by atoms with E-state index in [0.29, 0.717) is 4.90 Å². The second-order valence-electron chi connectivity index (χ2n) is 5.18. The van der Waals surface area contributed by atoms with Crippen LogP contribution in [0, 0.1) is 15.9 Å². The monoisotopic (exact) mass is 378 g/mol. The van der Waals surface area contributed by atoms with E-state index in [-0.39, 0.29) is 11.4 Å². The van der Waals surface area contributed by atoms with Gasteiger partial charge in [-0.2, -0.15) is 0 Å². The molecule has 0 saturated heterocycles. The van der Waals surface area contributed by atoms with Gasteiger partial charge >= 0.3 is 5.97 Å². The van der Waals surface area contributed by atoms with E-state index >= 15 is 0 Å². The lowest BCUT2D eigenvalue weighted by molar-refractivity contribution is -0.384. The van der Waals surface area contributed by atoms with Gasteiger partial charge in [0.1, 0.15) is 11.1 Å². The minimum atomic E-state index is -0.613. The number of non-ortho nitro benzene ring substituents is 1. The van der Waals surface area contributed by atoms with Gasteiger partial charge in [0.05, 0.1) is 4.92 Å². The topological polar surface area (TPSA) is 98.5 Å². The summed E-state index contributed by atoms with van der Waals surface area (Å²) < 4.78 is 18.0. The summed E-state index contributed by atoms with van der Waals surface area (Å²) >= 11 is 1.15. The van der Waals surface area contributed by atoms with Crippen LogP contribution in [0.15, 0.2) is 53.4 Å². The quantitative estimate of drug-likeness (QED) is 0.343. The predicted molar refractivity (Wildman–Crippen MR) is 94.4 cm³/mol. The van der Waals surface area contributed by atoms with Crippen molar-refractivity contribution in [2.75, 3.05) is 11.9 Å². The van der Waals surface area contributed by atoms with Gasteiger partial charge in [-0.15, -0.1) is 11.8 Å². The zero-order chi connectivity index (χ0) is 19.1. The molecule has 1 amide bonds. The van der Waals surface area contributed by atoms with Crippen LogP contribution in [0.4, 0.5) is 15.8 Å². The Bertz CT molecular complexity index is 813. The summed E-state index contributed by atoms with van der Waals surface area (Å²) in [6, 6.07) is 11.1. The van der Waals surface area contributed by atoms with Crippen molar-refractivity contribution in [1.82, 2.24) is 0 Å². The highest BCUT2D eigenvalue weighted by Gasteiger charge is 2.18. The molecule has 0 heterocycles. The van der Waals surface area contributed by atoms with Gasteiger partial charge in [0.15, 0.2) is 6.61 Å². The van der Waals surface area contributed by atoms with Gasteiger partial charge in [0, 0.05) is 22.7 Å². The predicted octanol–water partition coefficient (Wildman–Crippen LogP) is 3.40. The number of benzene rings is 2. The van der Waals surface area contributed by atoms with E-state index in [4.69, 9.17) is 4.74 Å². The van der Waals surface area contributed by atoms with Crippen molar-refractivity contribution in [3.8, 4) is 0 Å². The number of amides is 1. The summed E-state index contributed by atoms with van der Waals surface area (Å²) in [6.07, 6.45) is 0. The fourth-order valence-corrected chi connectivity index (χ4v) is 2.78. The van der Waals surface area contributed by atoms with Gasteiger partial charge < -0.3 is 10.1 Å². The molecule has 1 N–H and O–H groups in total. The van der Waals surface area contributed by atoms with E-state index in [1.54, 1.807) is 6.92 Å². The molecule has 2 aromatic rings. The molecule has 0 aliphatic rings. The van der Waals surface area contributed by atoms with Gasteiger partial charge in [-0.1, -0.05) is 6.07 Å². The number of nitro benzene ring substituents is 1. The largest absolute Gasteiger partial charge is 0.455 e. The number of ether oxygens (including phenoxy) is 1. The minimum absolute atomic E-state index is 0.0430. The van der Waals surface area contributed by atoms with E-state index in [9.17, 15) is 24.1 Å². The van der Waals surface area contributed by atoms with E-state index in [0.717, 1.165) is 17.8 Å². The summed E-state index contributed by atoms with van der Waals surface area (Å²) in [6.45, 7) is 1.10. The first-order chi connectivity index (χ1) is 12.3. The average Bonchev–Trinajstić information content (AvgIpc) is 2.60. The Hall–Kier alpha value is -2.94. The molecule has 0 aliphatic carbocycles. The molecule has 0 spiro atoms. The highest BCUT2D eigenvalue weighted by Crippen LogP contribution is 2.26. The zero-order valence-corrected chi connectivity index (χ0v) is 14.5. The first kappa shape index (κ1) is 19.4. The highest BCUT2D eigenvalue weighted by molar-refractivity contribution is 8.00. The van der Waals surface area contributed by atoms with Gasteiger partial charge in [0.25, 0.3) is 11.6 Å². The fourth-order valence-electron chi connectivity index (χ4n) is 1.92. The number of halogens is 1. The lowest BCUT2D eigenvalue weighted by Gasteiger charge is -2.11. The molecule has 7 nitrogen and oxygen atoms in total. The maximum Gasteiger partial charge on any atom is 0.319 e. The van der Waals surface area contributed by atoms with Crippen molar-refractivity contribution >= 4 is 35.0 Å². The maximum absolute atomic E-state index is 13.0. The standard InChI is InChI=1S/C17H15FN2O5S/c1-11(26-15-7-5-14(6-8-15)20(23)24)17(22)25-10-16(21)19-13-4-2-3-12(18)9-13/h2-9,11H,10H2,1H3,(H,19,21)/t11-/m0/s1. The Morgan fingerprint density at radius 3 is 2.58 bits per heavy atom. The van der Waals surface area contributed by atoms with E-state index < -0.39 is 34.5 Å². The van der Waals surface area contributed by atoms with Gasteiger partial charge in [0.2, 0.25) is 0 Å². The molecule has 0 saturated carbocycles. The van der Waals surface area contributed by atoms with Crippen LogP contribution in [0.3, 0.4) is 0 Å². The molecular formula is C17H15FN2O5S. The Morgan fingerprint density at radius 1 is 1.27 bits per heavy atom. The van der Waals surface area contributed by atoms with Gasteiger partial charge in [-0.3, -0.25) is 19.7 Å². The third kappa shape index (κ3) is 5.85. The van der Waals surface area contributed by atoms with Crippen molar-refractivity contribution in [2.45, 2.75) is 17.1 Å². The molecule has 0 aromatic heterocycles. The molecule has 0 radical (unpaired) electrons. The van der Waals surface area contributed by atoms with Crippen LogP contribution in [-0.2, 0) is 14.3 Å². The molecule has 26 heavy (non-hydrogen) atoms. The lowest BCUT2D eigenvalue weighted by Crippen LogP contribution is -2.24. The van der Waals surface area contributed by atoms with Crippen LogP contribution in [0.25, 0.3) is 0 Å². The molecule has 2 aromatic carbocycles. The zero-order valence-electron chi connectivity index (χ0n) is 13.7. The molecular weight excluding hydrogens is 363 g/mol. The number of nitro groups is 1. The number of thioether (sulfide) groups is 1. The molecule has 0 unspecified atom stereocenters. The molecule has 0 bridgehead atoms. The van der Waals surface area contributed by atoms with E-state index in [1.165, 1.54) is 42.5 Å². The number of hydrogen-bond donors (Lipinski definition) is 1. The number of hydrogen-bond acceptors (Lipinski definition) is 6. The highest BCUT2D eigenvalue weighted by atomic mass is 32.2. The summed E-state index contributed by atoms with van der Waals surface area (Å²) in [5.41, 5.74) is 0.220. The molecule has 0 fully saturated rings. The Balaban J connectivity index is 1.81. The summed E-state index contributed by atoms with van der Waals surface area (Å²) in [4.78, 5) is 34.4. The van der Waals surface area contributed by atoms with Crippen LogP contribution in [0.1, 0.15) is 6.92 Å². The van der Waals surface area contributed by atoms with Crippen molar-refractivity contribution in [3.63, 3.8) is 0 Å². The summed E-state index contributed by atoms with van der Waals surface area (Å²) in [5, 5.41) is 12.4. The van der Waals surface area contributed by atoms with Crippen molar-refractivity contribution in [2.24, 2.45) is 0 Å². The van der Waals surface area contributed by atoms with Crippen LogP contribution < -0.4 is 5.32 Å². The summed E-state index contributed by atoms with van der Waals surface area (Å²) in [7, 11) is 0. The Labute approximate surface area is 152 Å². The number of anilines is 1. The third-order valence-electron chi connectivity index (χ3n) is 3.15. The van der Waals surface area contributed by atoms with Crippen LogP contribution in [-0.4, -0.2) is 28.7 Å². The van der Waals surface area contributed by atoms with Crippen molar-refractivity contribution < 1.29 is 23.6 Å². The van der Waals surface area contributed by atoms with E-state index in [2.05, 4.69) is 5.32 Å². The number of nitrogens with zero attached hydrogens (tertiary/aromatic N) is 1. The normalized spacial score (nSPS) is 11.5. The van der Waals surface area contributed by atoms with E-state index in [1.807, 2.05) is 0 Å². The number of nitrogens with one attached hydrogen (secondary N) is 1. The number of carbonyl (C=O) groups excluding carboxylic acids is 2. The molecule has 9 heteroatoms. The van der Waals surface area contributed by atoms with Gasteiger partial charge in [-0.25, -0.2) is 4.39 Å². The molecule has 2 rings (SSSR count). The van der Waals surface area contributed by atoms with Crippen LogP contribution in [0.5, 0.6) is 0 Å². The summed E-state index contributed by atoms with van der Waals surface area (Å²) in [5.74, 6) is -1.69. The average molecular weight is 378 g/mol. The molecule has 136 valence electrons. The van der Waals surface area contributed by atoms with Crippen LogP contribution in [0.2, 0.25) is 0 Å². The third-order valence-corrected chi connectivity index (χ3v) is 4.24. The first-order valence-electron chi connectivity index (χ1n) is 7.48. The van der Waals surface area contributed by atoms with Crippen molar-refractivity contribution in [1.29, 1.82) is 0 Å². The van der Waals surface area contributed by atoms with Crippen LogP contribution >= 0.6 is 11.8 Å². The Morgan fingerprint density at radius 2 is 1.96 bits per heavy atom. The molecule has 0 aliphatic heterocycles. The second-order valence-corrected chi connectivity index (χ2v) is 6.59. The smallest absolute Gasteiger partial charge is 0.319 e. The second kappa shape index (κ2) is 8.95. The first-order valence-corrected chi connectivity index (χ1v) is 8.36. The fraction of sp³-hybridized carbons (Fsp3) is 0.176. The molecule has 1 atom stereocenters. The Kier molecular flexibility index (Phi) is 6.67. The SMILES string of the molecule is C[C@H](Sc1ccc([N+](=O)[O-])cc1)C(=O)OCC(=O)Nc1cccc(F)c1. The number of esters is 1. The lowest BCUT2D eigenvalue weighted by atomic mass is 10.3. The minimum Gasteiger partial charge on any atom is -0.455 e. The number of carbonyl (C=O) groups is 2. The maximum atomic E-state index is 13.0. The van der Waals surface area contributed by atoms with Gasteiger partial charge in [-0.05, 0) is 37.3 Å².